The van der Waals surface area contributed by atoms with Gasteiger partial charge in [-0.3, -0.25) is 9.59 Å². The molecular formula is C23H24N2O4. The SMILES string of the molecule is Cc1cc(C)c(C(=O)N2CCC(C(=O)Nc3cccc(-c4ccco4)c3)CC2)o1. The van der Waals surface area contributed by atoms with Gasteiger partial charge >= 0.3 is 0 Å². The molecule has 3 heterocycles. The second-order valence-corrected chi connectivity index (χ2v) is 7.48. The minimum atomic E-state index is -0.120. The average Bonchev–Trinajstić information content (AvgIpc) is 3.37. The van der Waals surface area contributed by atoms with E-state index in [0.29, 0.717) is 31.7 Å². The molecule has 4 rings (SSSR count). The molecule has 2 amide bonds. The first kappa shape index (κ1) is 19.1. The van der Waals surface area contributed by atoms with E-state index in [1.165, 1.54) is 0 Å². The normalized spacial score (nSPS) is 14.8. The van der Waals surface area contributed by atoms with Crippen LogP contribution in [-0.2, 0) is 4.79 Å². The third-order valence-corrected chi connectivity index (χ3v) is 5.32. The Morgan fingerprint density at radius 1 is 1.07 bits per heavy atom. The molecule has 6 heteroatoms. The fourth-order valence-corrected chi connectivity index (χ4v) is 3.78. The third-order valence-electron chi connectivity index (χ3n) is 5.32. The Morgan fingerprint density at radius 3 is 2.52 bits per heavy atom. The van der Waals surface area contributed by atoms with E-state index in [9.17, 15) is 9.59 Å². The van der Waals surface area contributed by atoms with Crippen LogP contribution in [0.5, 0.6) is 0 Å². The van der Waals surface area contributed by atoms with E-state index in [1.54, 1.807) is 11.2 Å². The summed E-state index contributed by atoms with van der Waals surface area (Å²) in [7, 11) is 0. The van der Waals surface area contributed by atoms with Crippen molar-refractivity contribution < 1.29 is 18.4 Å². The lowest BCUT2D eigenvalue weighted by Gasteiger charge is -2.31. The summed E-state index contributed by atoms with van der Waals surface area (Å²) in [6, 6.07) is 13.2. The van der Waals surface area contributed by atoms with Crippen LogP contribution in [-0.4, -0.2) is 29.8 Å². The molecule has 1 aliphatic heterocycles. The van der Waals surface area contributed by atoms with Gasteiger partial charge in [-0.2, -0.15) is 0 Å². The lowest BCUT2D eigenvalue weighted by atomic mass is 9.95. The van der Waals surface area contributed by atoms with E-state index in [4.69, 9.17) is 8.83 Å². The van der Waals surface area contributed by atoms with E-state index in [0.717, 1.165) is 28.3 Å². The zero-order valence-electron chi connectivity index (χ0n) is 16.6. The maximum absolute atomic E-state index is 12.7. The number of piperidine rings is 1. The molecule has 0 atom stereocenters. The summed E-state index contributed by atoms with van der Waals surface area (Å²) < 4.78 is 11.0. The summed E-state index contributed by atoms with van der Waals surface area (Å²) in [5, 5.41) is 3.00. The number of nitrogens with zero attached hydrogens (tertiary/aromatic N) is 1. The Balaban J connectivity index is 1.35. The second kappa shape index (κ2) is 7.99. The molecule has 0 radical (unpaired) electrons. The quantitative estimate of drug-likeness (QED) is 0.701. The maximum Gasteiger partial charge on any atom is 0.289 e. The van der Waals surface area contributed by atoms with Crippen molar-refractivity contribution in [2.45, 2.75) is 26.7 Å². The largest absolute Gasteiger partial charge is 0.464 e. The molecule has 1 N–H and O–H groups in total. The van der Waals surface area contributed by atoms with Crippen molar-refractivity contribution in [1.29, 1.82) is 0 Å². The zero-order valence-corrected chi connectivity index (χ0v) is 16.6. The van der Waals surface area contributed by atoms with Gasteiger partial charge in [-0.05, 0) is 57.0 Å². The standard InChI is InChI=1S/C23H24N2O4/c1-15-13-16(2)29-21(15)23(27)25-10-8-17(9-11-25)22(26)24-19-6-3-5-18(14-19)20-7-4-12-28-20/h3-7,12-14,17H,8-11H2,1-2H3,(H,24,26). The summed E-state index contributed by atoms with van der Waals surface area (Å²) in [5.74, 6) is 1.67. The number of carbonyl (C=O) groups is 2. The molecule has 0 saturated carbocycles. The molecule has 0 bridgehead atoms. The molecular weight excluding hydrogens is 368 g/mol. The van der Waals surface area contributed by atoms with Crippen molar-refractivity contribution in [3.05, 3.63) is 65.8 Å². The van der Waals surface area contributed by atoms with E-state index in [2.05, 4.69) is 5.32 Å². The number of aryl methyl sites for hydroxylation is 2. The van der Waals surface area contributed by atoms with Gasteiger partial charge in [0.25, 0.3) is 5.91 Å². The number of amides is 2. The molecule has 1 saturated heterocycles. The minimum Gasteiger partial charge on any atom is -0.464 e. The van der Waals surface area contributed by atoms with Crippen LogP contribution >= 0.6 is 0 Å². The highest BCUT2D eigenvalue weighted by Gasteiger charge is 2.29. The highest BCUT2D eigenvalue weighted by Crippen LogP contribution is 2.25. The minimum absolute atomic E-state index is 0.0151. The molecule has 29 heavy (non-hydrogen) atoms. The number of nitrogens with one attached hydrogen (secondary N) is 1. The first-order valence-corrected chi connectivity index (χ1v) is 9.82. The van der Waals surface area contributed by atoms with Crippen molar-refractivity contribution >= 4 is 17.5 Å². The summed E-state index contributed by atoms with van der Waals surface area (Å²) in [4.78, 5) is 27.2. The van der Waals surface area contributed by atoms with Crippen molar-refractivity contribution in [2.24, 2.45) is 5.92 Å². The van der Waals surface area contributed by atoms with Crippen LogP contribution in [0.15, 0.2) is 57.6 Å². The number of hydrogen-bond donors (Lipinski definition) is 1. The summed E-state index contributed by atoms with van der Waals surface area (Å²) >= 11 is 0. The molecule has 2 aromatic heterocycles. The lowest BCUT2D eigenvalue weighted by molar-refractivity contribution is -0.121. The number of likely N-dealkylation sites (tertiary alicyclic amines) is 1. The number of hydrogen-bond acceptors (Lipinski definition) is 4. The third kappa shape index (κ3) is 4.11. The predicted octanol–water partition coefficient (Wildman–Crippen LogP) is 4.65. The fourth-order valence-electron chi connectivity index (χ4n) is 3.78. The Kier molecular flexibility index (Phi) is 5.25. The smallest absolute Gasteiger partial charge is 0.289 e. The van der Waals surface area contributed by atoms with Crippen molar-refractivity contribution in [3.63, 3.8) is 0 Å². The Hall–Kier alpha value is -3.28. The average molecular weight is 392 g/mol. The Labute approximate surface area is 169 Å². The van der Waals surface area contributed by atoms with Crippen LogP contribution in [0.2, 0.25) is 0 Å². The van der Waals surface area contributed by atoms with Crippen LogP contribution in [0, 0.1) is 19.8 Å². The molecule has 150 valence electrons. The van der Waals surface area contributed by atoms with E-state index in [1.807, 2.05) is 56.3 Å². The second-order valence-electron chi connectivity index (χ2n) is 7.48. The predicted molar refractivity (Wildman–Crippen MR) is 110 cm³/mol. The van der Waals surface area contributed by atoms with Crippen LogP contribution in [0.1, 0.15) is 34.7 Å². The lowest BCUT2D eigenvalue weighted by Crippen LogP contribution is -2.41. The fraction of sp³-hybridized carbons (Fsp3) is 0.304. The molecule has 6 nitrogen and oxygen atoms in total. The van der Waals surface area contributed by atoms with Crippen molar-refractivity contribution in [2.75, 3.05) is 18.4 Å². The van der Waals surface area contributed by atoms with Crippen LogP contribution in [0.4, 0.5) is 5.69 Å². The topological polar surface area (TPSA) is 75.7 Å². The number of rotatable bonds is 4. The van der Waals surface area contributed by atoms with Crippen LogP contribution < -0.4 is 5.32 Å². The number of furan rings is 2. The summed E-state index contributed by atoms with van der Waals surface area (Å²) in [6.07, 6.45) is 2.89. The first-order chi connectivity index (χ1) is 14.0. The molecule has 1 fully saturated rings. The molecule has 1 aliphatic rings. The van der Waals surface area contributed by atoms with Gasteiger partial charge < -0.3 is 19.1 Å². The van der Waals surface area contributed by atoms with Gasteiger partial charge in [0.05, 0.1) is 6.26 Å². The molecule has 0 aliphatic carbocycles. The van der Waals surface area contributed by atoms with E-state index < -0.39 is 0 Å². The molecule has 0 unspecified atom stereocenters. The Morgan fingerprint density at radius 2 is 1.86 bits per heavy atom. The molecule has 0 spiro atoms. The summed E-state index contributed by atoms with van der Waals surface area (Å²) in [5.41, 5.74) is 2.50. The zero-order chi connectivity index (χ0) is 20.4. The van der Waals surface area contributed by atoms with Gasteiger partial charge in [0.1, 0.15) is 11.5 Å². The van der Waals surface area contributed by atoms with Crippen LogP contribution in [0.25, 0.3) is 11.3 Å². The molecule has 3 aromatic rings. The van der Waals surface area contributed by atoms with Crippen molar-refractivity contribution in [3.8, 4) is 11.3 Å². The monoisotopic (exact) mass is 392 g/mol. The maximum atomic E-state index is 12.7. The Bertz CT molecular complexity index is 1010. The molecule has 1 aromatic carbocycles. The summed E-state index contributed by atoms with van der Waals surface area (Å²) in [6.45, 7) is 4.80. The van der Waals surface area contributed by atoms with Gasteiger partial charge in [0, 0.05) is 35.8 Å². The highest BCUT2D eigenvalue weighted by molar-refractivity contribution is 5.95. The van der Waals surface area contributed by atoms with Gasteiger partial charge in [0.15, 0.2) is 5.76 Å². The van der Waals surface area contributed by atoms with Crippen molar-refractivity contribution in [1.82, 2.24) is 4.90 Å². The van der Waals surface area contributed by atoms with E-state index >= 15 is 0 Å². The first-order valence-electron chi connectivity index (χ1n) is 9.82. The van der Waals surface area contributed by atoms with Gasteiger partial charge in [-0.25, -0.2) is 0 Å². The van der Waals surface area contributed by atoms with Gasteiger partial charge in [-0.1, -0.05) is 12.1 Å². The number of carbonyl (C=O) groups excluding carboxylic acids is 2. The van der Waals surface area contributed by atoms with Gasteiger partial charge in [0.2, 0.25) is 5.91 Å². The van der Waals surface area contributed by atoms with Gasteiger partial charge in [-0.15, -0.1) is 0 Å². The highest BCUT2D eigenvalue weighted by atomic mass is 16.4. The number of anilines is 1. The van der Waals surface area contributed by atoms with Crippen LogP contribution in [0.3, 0.4) is 0 Å². The van der Waals surface area contributed by atoms with E-state index in [-0.39, 0.29) is 17.7 Å². The number of benzene rings is 1.